The molecule has 0 aliphatic carbocycles. The fraction of sp³-hybridized carbons (Fsp3) is 0.0625. The molecular weight excluding hydrogens is 414 g/mol. The van der Waals surface area contributed by atoms with E-state index in [0.717, 1.165) is 4.47 Å². The number of Topliss-reactive ketones (excluding diaryl/α,β-unsaturated/α-hetero) is 2. The standard InChI is InChI=1S/C16H9Br2NO3/c17-10-3-1-9(2-4-10)14(20)8-19-13-6-5-11(18)7-12(13)15(21)16(19)22/h1-7H,8H2. The average Bonchev–Trinajstić information content (AvgIpc) is 2.73. The number of anilines is 1. The molecule has 2 aromatic carbocycles. The van der Waals surface area contributed by atoms with E-state index in [1.807, 2.05) is 0 Å². The quantitative estimate of drug-likeness (QED) is 0.560. The summed E-state index contributed by atoms with van der Waals surface area (Å²) in [5.74, 6) is -1.47. The highest BCUT2D eigenvalue weighted by molar-refractivity contribution is 9.10. The van der Waals surface area contributed by atoms with Crippen LogP contribution in [0.15, 0.2) is 51.4 Å². The summed E-state index contributed by atoms with van der Waals surface area (Å²) < 4.78 is 1.58. The highest BCUT2D eigenvalue weighted by Crippen LogP contribution is 2.31. The van der Waals surface area contributed by atoms with Crippen LogP contribution in [0.4, 0.5) is 5.69 Å². The highest BCUT2D eigenvalue weighted by Gasteiger charge is 2.36. The SMILES string of the molecule is O=C(CN1C(=O)C(=O)c2cc(Br)ccc21)c1ccc(Br)cc1. The summed E-state index contributed by atoms with van der Waals surface area (Å²) in [6, 6.07) is 11.9. The molecule has 110 valence electrons. The minimum atomic E-state index is -0.668. The Morgan fingerprint density at radius 3 is 2.27 bits per heavy atom. The van der Waals surface area contributed by atoms with Gasteiger partial charge in [0.25, 0.3) is 11.7 Å². The van der Waals surface area contributed by atoms with Crippen LogP contribution in [0.1, 0.15) is 20.7 Å². The van der Waals surface area contributed by atoms with Crippen LogP contribution in [-0.2, 0) is 4.79 Å². The van der Waals surface area contributed by atoms with Crippen LogP contribution >= 0.6 is 31.9 Å². The fourth-order valence-electron chi connectivity index (χ4n) is 2.30. The van der Waals surface area contributed by atoms with Crippen LogP contribution in [-0.4, -0.2) is 24.0 Å². The largest absolute Gasteiger partial charge is 0.299 e. The van der Waals surface area contributed by atoms with Crippen LogP contribution in [0.3, 0.4) is 0 Å². The number of ketones is 2. The van der Waals surface area contributed by atoms with Gasteiger partial charge in [-0.2, -0.15) is 0 Å². The lowest BCUT2D eigenvalue weighted by molar-refractivity contribution is -0.114. The summed E-state index contributed by atoms with van der Waals surface area (Å²) in [6.45, 7) is -0.152. The first-order chi connectivity index (χ1) is 10.5. The van der Waals surface area contributed by atoms with E-state index in [4.69, 9.17) is 0 Å². The monoisotopic (exact) mass is 421 g/mol. The Kier molecular flexibility index (Phi) is 3.97. The van der Waals surface area contributed by atoms with E-state index in [-0.39, 0.29) is 12.3 Å². The minimum Gasteiger partial charge on any atom is -0.297 e. The van der Waals surface area contributed by atoms with E-state index in [9.17, 15) is 14.4 Å². The Bertz CT molecular complexity index is 800. The third-order valence-electron chi connectivity index (χ3n) is 3.40. The Balaban J connectivity index is 1.90. The number of carbonyl (C=O) groups excluding carboxylic acids is 3. The minimum absolute atomic E-state index is 0.152. The van der Waals surface area contributed by atoms with Gasteiger partial charge in [0.05, 0.1) is 17.8 Å². The first kappa shape index (κ1) is 15.1. The molecule has 0 N–H and O–H groups in total. The summed E-state index contributed by atoms with van der Waals surface area (Å²) in [4.78, 5) is 37.6. The normalized spacial score (nSPS) is 13.5. The van der Waals surface area contributed by atoms with Gasteiger partial charge in [-0.25, -0.2) is 0 Å². The Hall–Kier alpha value is -1.79. The lowest BCUT2D eigenvalue weighted by Gasteiger charge is -2.15. The lowest BCUT2D eigenvalue weighted by Crippen LogP contribution is -2.34. The van der Waals surface area contributed by atoms with Gasteiger partial charge >= 0.3 is 0 Å². The number of nitrogens with zero attached hydrogens (tertiary/aromatic N) is 1. The molecule has 0 radical (unpaired) electrons. The van der Waals surface area contributed by atoms with Gasteiger partial charge in [-0.05, 0) is 30.3 Å². The van der Waals surface area contributed by atoms with Gasteiger partial charge in [-0.1, -0.05) is 44.0 Å². The molecule has 0 saturated heterocycles. The molecule has 4 nitrogen and oxygen atoms in total. The van der Waals surface area contributed by atoms with Crippen molar-refractivity contribution in [2.75, 3.05) is 11.4 Å². The predicted molar refractivity (Wildman–Crippen MR) is 89.3 cm³/mol. The van der Waals surface area contributed by atoms with Gasteiger partial charge < -0.3 is 0 Å². The van der Waals surface area contributed by atoms with Crippen molar-refractivity contribution < 1.29 is 14.4 Å². The molecule has 2 aromatic rings. The Morgan fingerprint density at radius 2 is 1.59 bits per heavy atom. The number of halogens is 2. The zero-order chi connectivity index (χ0) is 15.9. The van der Waals surface area contributed by atoms with E-state index in [2.05, 4.69) is 31.9 Å². The van der Waals surface area contributed by atoms with Crippen LogP contribution in [0.25, 0.3) is 0 Å². The van der Waals surface area contributed by atoms with Crippen LogP contribution in [0.5, 0.6) is 0 Å². The topological polar surface area (TPSA) is 54.5 Å². The summed E-state index contributed by atoms with van der Waals surface area (Å²) in [6.07, 6.45) is 0. The lowest BCUT2D eigenvalue weighted by atomic mass is 10.1. The molecule has 0 saturated carbocycles. The molecule has 0 aromatic heterocycles. The third-order valence-corrected chi connectivity index (χ3v) is 4.42. The van der Waals surface area contributed by atoms with Crippen LogP contribution in [0.2, 0.25) is 0 Å². The van der Waals surface area contributed by atoms with Crippen molar-refractivity contribution in [2.45, 2.75) is 0 Å². The van der Waals surface area contributed by atoms with Crippen molar-refractivity contribution in [3.63, 3.8) is 0 Å². The molecule has 0 atom stereocenters. The van der Waals surface area contributed by atoms with E-state index >= 15 is 0 Å². The molecule has 6 heteroatoms. The van der Waals surface area contributed by atoms with E-state index in [1.54, 1.807) is 42.5 Å². The second kappa shape index (κ2) is 5.78. The molecule has 1 aliphatic rings. The highest BCUT2D eigenvalue weighted by atomic mass is 79.9. The number of amides is 1. The van der Waals surface area contributed by atoms with Crippen molar-refractivity contribution in [3.8, 4) is 0 Å². The third kappa shape index (κ3) is 2.64. The molecule has 22 heavy (non-hydrogen) atoms. The fourth-order valence-corrected chi connectivity index (χ4v) is 2.93. The predicted octanol–water partition coefficient (Wildman–Crippen LogP) is 3.62. The maximum absolute atomic E-state index is 12.3. The molecule has 1 amide bonds. The first-order valence-corrected chi connectivity index (χ1v) is 8.00. The van der Waals surface area contributed by atoms with E-state index in [0.29, 0.717) is 21.3 Å². The molecule has 1 aliphatic heterocycles. The first-order valence-electron chi connectivity index (χ1n) is 6.42. The molecule has 0 unspecified atom stereocenters. The number of hydrogen-bond acceptors (Lipinski definition) is 3. The van der Waals surface area contributed by atoms with Crippen molar-refractivity contribution in [1.82, 2.24) is 0 Å². The molecule has 1 heterocycles. The summed E-state index contributed by atoms with van der Waals surface area (Å²) in [5, 5.41) is 0. The van der Waals surface area contributed by atoms with Gasteiger partial charge in [0.1, 0.15) is 0 Å². The van der Waals surface area contributed by atoms with Gasteiger partial charge in [0.15, 0.2) is 5.78 Å². The summed E-state index contributed by atoms with van der Waals surface area (Å²) in [7, 11) is 0. The van der Waals surface area contributed by atoms with Crippen molar-refractivity contribution in [1.29, 1.82) is 0 Å². The van der Waals surface area contributed by atoms with Crippen molar-refractivity contribution in [2.24, 2.45) is 0 Å². The molecule has 0 spiro atoms. The maximum atomic E-state index is 12.3. The average molecular weight is 423 g/mol. The van der Waals surface area contributed by atoms with E-state index in [1.165, 1.54) is 4.90 Å². The summed E-state index contributed by atoms with van der Waals surface area (Å²) >= 11 is 6.58. The van der Waals surface area contributed by atoms with Gasteiger partial charge in [-0.3, -0.25) is 19.3 Å². The molecule has 0 bridgehead atoms. The Labute approximate surface area is 143 Å². The number of fused-ring (bicyclic) bond motifs is 1. The Morgan fingerprint density at radius 1 is 0.955 bits per heavy atom. The van der Waals surface area contributed by atoms with Crippen molar-refractivity contribution in [3.05, 3.63) is 62.5 Å². The second-order valence-corrected chi connectivity index (χ2v) is 6.64. The number of benzene rings is 2. The van der Waals surface area contributed by atoms with Gasteiger partial charge in [-0.15, -0.1) is 0 Å². The molecule has 0 fully saturated rings. The van der Waals surface area contributed by atoms with Crippen LogP contribution < -0.4 is 4.90 Å². The van der Waals surface area contributed by atoms with Crippen molar-refractivity contribution >= 4 is 55.0 Å². The van der Waals surface area contributed by atoms with Gasteiger partial charge in [0, 0.05) is 14.5 Å². The zero-order valence-electron chi connectivity index (χ0n) is 11.2. The van der Waals surface area contributed by atoms with Crippen LogP contribution in [0, 0.1) is 0 Å². The number of rotatable bonds is 3. The van der Waals surface area contributed by atoms with E-state index < -0.39 is 11.7 Å². The second-order valence-electron chi connectivity index (χ2n) is 4.81. The number of hydrogen-bond donors (Lipinski definition) is 0. The maximum Gasteiger partial charge on any atom is 0.299 e. The zero-order valence-corrected chi connectivity index (χ0v) is 14.3. The number of carbonyl (C=O) groups is 3. The smallest absolute Gasteiger partial charge is 0.297 e. The summed E-state index contributed by atoms with van der Waals surface area (Å²) in [5.41, 5.74) is 1.29. The molecular formula is C16H9Br2NO3. The molecule has 3 rings (SSSR count). The van der Waals surface area contributed by atoms with Gasteiger partial charge in [0.2, 0.25) is 0 Å².